The van der Waals surface area contributed by atoms with E-state index in [1.807, 2.05) is 30.5 Å². The summed E-state index contributed by atoms with van der Waals surface area (Å²) in [7, 11) is 0. The van der Waals surface area contributed by atoms with Crippen LogP contribution >= 0.6 is 11.8 Å². The Balaban J connectivity index is 2.03. The second kappa shape index (κ2) is 6.38. The molecular weight excluding hydrogens is 260 g/mol. The molecule has 0 bridgehead atoms. The van der Waals surface area contributed by atoms with Gasteiger partial charge < -0.3 is 10.5 Å². The van der Waals surface area contributed by atoms with Crippen molar-refractivity contribution in [1.82, 2.24) is 15.0 Å². The quantitative estimate of drug-likeness (QED) is 0.845. The zero-order chi connectivity index (χ0) is 13.7. The number of hydrogen-bond acceptors (Lipinski definition) is 6. The van der Waals surface area contributed by atoms with Gasteiger partial charge in [-0.25, -0.2) is 4.98 Å². The van der Waals surface area contributed by atoms with Crippen molar-refractivity contribution >= 4 is 17.7 Å². The summed E-state index contributed by atoms with van der Waals surface area (Å²) >= 11 is 1.43. The molecule has 0 spiro atoms. The molecule has 0 saturated heterocycles. The monoisotopic (exact) mass is 276 g/mol. The maximum absolute atomic E-state index is 5.63. The summed E-state index contributed by atoms with van der Waals surface area (Å²) in [5, 5.41) is 0.604. The Labute approximate surface area is 116 Å². The molecule has 0 atom stereocenters. The largest absolute Gasteiger partial charge is 0.486 e. The number of anilines is 1. The van der Waals surface area contributed by atoms with Crippen molar-refractivity contribution in [3.63, 3.8) is 0 Å². The number of aromatic nitrogens is 3. The van der Waals surface area contributed by atoms with Gasteiger partial charge in [-0.15, -0.1) is 0 Å². The topological polar surface area (TPSA) is 73.9 Å². The summed E-state index contributed by atoms with van der Waals surface area (Å²) in [4.78, 5) is 12.3. The minimum atomic E-state index is 0.222. The van der Waals surface area contributed by atoms with Crippen LogP contribution in [0, 0.1) is 0 Å². The third kappa shape index (κ3) is 3.82. The first-order chi connectivity index (χ1) is 9.21. The maximum Gasteiger partial charge on any atom is 0.224 e. The van der Waals surface area contributed by atoms with E-state index in [0.717, 1.165) is 12.2 Å². The molecule has 0 radical (unpaired) electrons. The van der Waals surface area contributed by atoms with Gasteiger partial charge in [-0.2, -0.15) is 9.97 Å². The lowest BCUT2D eigenvalue weighted by atomic mass is 10.2. The average molecular weight is 276 g/mol. The molecule has 2 aromatic rings. The SMILES string of the molecule is CCc1ccc(OCc2nc(N)nc(SC)n2)cc1. The van der Waals surface area contributed by atoms with Gasteiger partial charge in [0.05, 0.1) is 0 Å². The van der Waals surface area contributed by atoms with Gasteiger partial charge in [-0.3, -0.25) is 0 Å². The Morgan fingerprint density at radius 1 is 1.16 bits per heavy atom. The van der Waals surface area contributed by atoms with Gasteiger partial charge in [0.25, 0.3) is 0 Å². The van der Waals surface area contributed by atoms with Crippen LogP contribution in [0.4, 0.5) is 5.95 Å². The van der Waals surface area contributed by atoms with E-state index in [1.165, 1.54) is 17.3 Å². The van der Waals surface area contributed by atoms with Gasteiger partial charge in [0.15, 0.2) is 11.0 Å². The van der Waals surface area contributed by atoms with E-state index < -0.39 is 0 Å². The summed E-state index contributed by atoms with van der Waals surface area (Å²) in [6.45, 7) is 2.40. The number of benzene rings is 1. The summed E-state index contributed by atoms with van der Waals surface area (Å²) in [5.41, 5.74) is 6.89. The summed E-state index contributed by atoms with van der Waals surface area (Å²) in [5.74, 6) is 1.55. The van der Waals surface area contributed by atoms with Crippen LogP contribution in [0.3, 0.4) is 0 Å². The van der Waals surface area contributed by atoms with Crippen molar-refractivity contribution in [3.8, 4) is 5.75 Å². The van der Waals surface area contributed by atoms with Gasteiger partial charge in [0.2, 0.25) is 5.95 Å². The number of nitrogens with two attached hydrogens (primary N) is 1. The minimum Gasteiger partial charge on any atom is -0.486 e. The molecule has 2 rings (SSSR count). The molecule has 0 aliphatic heterocycles. The number of nitrogen functional groups attached to an aromatic ring is 1. The van der Waals surface area contributed by atoms with E-state index >= 15 is 0 Å². The summed E-state index contributed by atoms with van der Waals surface area (Å²) in [6, 6.07) is 7.98. The van der Waals surface area contributed by atoms with Gasteiger partial charge in [0, 0.05) is 0 Å². The minimum absolute atomic E-state index is 0.222. The first kappa shape index (κ1) is 13.6. The van der Waals surface area contributed by atoms with Gasteiger partial charge >= 0.3 is 0 Å². The molecule has 0 aliphatic carbocycles. The van der Waals surface area contributed by atoms with Crippen LogP contribution in [0.2, 0.25) is 0 Å². The smallest absolute Gasteiger partial charge is 0.224 e. The van der Waals surface area contributed by atoms with E-state index in [1.54, 1.807) is 0 Å². The van der Waals surface area contributed by atoms with Gasteiger partial charge in [-0.1, -0.05) is 30.8 Å². The Morgan fingerprint density at radius 3 is 2.53 bits per heavy atom. The van der Waals surface area contributed by atoms with Crippen molar-refractivity contribution in [2.45, 2.75) is 25.1 Å². The van der Waals surface area contributed by atoms with Crippen LogP contribution in [0.1, 0.15) is 18.3 Å². The van der Waals surface area contributed by atoms with Crippen LogP contribution in [-0.4, -0.2) is 21.2 Å². The molecule has 1 heterocycles. The first-order valence-corrected chi connectivity index (χ1v) is 7.20. The molecule has 5 nitrogen and oxygen atoms in total. The number of nitrogens with zero attached hydrogens (tertiary/aromatic N) is 3. The van der Waals surface area contributed by atoms with Crippen LogP contribution in [0.5, 0.6) is 5.75 Å². The molecular formula is C13H16N4OS. The van der Waals surface area contributed by atoms with Gasteiger partial charge in [-0.05, 0) is 30.4 Å². The fourth-order valence-electron chi connectivity index (χ4n) is 1.54. The highest BCUT2D eigenvalue weighted by atomic mass is 32.2. The van der Waals surface area contributed by atoms with E-state index in [-0.39, 0.29) is 12.6 Å². The van der Waals surface area contributed by atoms with E-state index in [9.17, 15) is 0 Å². The van der Waals surface area contributed by atoms with Crippen molar-refractivity contribution in [2.75, 3.05) is 12.0 Å². The molecule has 0 saturated carbocycles. The molecule has 0 amide bonds. The van der Waals surface area contributed by atoms with Crippen molar-refractivity contribution < 1.29 is 4.74 Å². The van der Waals surface area contributed by atoms with Crippen LogP contribution in [0.15, 0.2) is 29.4 Å². The Bertz CT molecular complexity index is 545. The Kier molecular flexibility index (Phi) is 4.57. The third-order valence-corrected chi connectivity index (χ3v) is 3.11. The molecule has 19 heavy (non-hydrogen) atoms. The second-order valence-electron chi connectivity index (χ2n) is 3.88. The molecule has 1 aromatic carbocycles. The number of aryl methyl sites for hydroxylation is 1. The Morgan fingerprint density at radius 2 is 1.89 bits per heavy atom. The summed E-state index contributed by atoms with van der Waals surface area (Å²) < 4.78 is 5.63. The molecule has 6 heteroatoms. The highest BCUT2D eigenvalue weighted by Crippen LogP contribution is 2.15. The molecule has 0 aliphatic rings. The molecule has 0 unspecified atom stereocenters. The average Bonchev–Trinajstić information content (AvgIpc) is 2.45. The fraction of sp³-hybridized carbons (Fsp3) is 0.308. The van der Waals surface area contributed by atoms with E-state index in [4.69, 9.17) is 10.5 Å². The van der Waals surface area contributed by atoms with Crippen molar-refractivity contribution in [3.05, 3.63) is 35.7 Å². The van der Waals surface area contributed by atoms with E-state index in [2.05, 4.69) is 21.9 Å². The van der Waals surface area contributed by atoms with Crippen LogP contribution in [-0.2, 0) is 13.0 Å². The predicted octanol–water partition coefficient (Wildman–Crippen LogP) is 2.32. The lowest BCUT2D eigenvalue weighted by Crippen LogP contribution is -2.07. The lowest BCUT2D eigenvalue weighted by molar-refractivity contribution is 0.294. The predicted molar refractivity (Wildman–Crippen MR) is 76.2 cm³/mol. The van der Waals surface area contributed by atoms with Gasteiger partial charge in [0.1, 0.15) is 12.4 Å². The van der Waals surface area contributed by atoms with E-state index in [0.29, 0.717) is 11.0 Å². The number of thioether (sulfide) groups is 1. The van der Waals surface area contributed by atoms with Crippen molar-refractivity contribution in [2.24, 2.45) is 0 Å². The zero-order valence-electron chi connectivity index (χ0n) is 11.0. The number of rotatable bonds is 5. The second-order valence-corrected chi connectivity index (χ2v) is 4.66. The van der Waals surface area contributed by atoms with Crippen LogP contribution < -0.4 is 10.5 Å². The third-order valence-electron chi connectivity index (χ3n) is 2.56. The van der Waals surface area contributed by atoms with Crippen LogP contribution in [0.25, 0.3) is 0 Å². The summed E-state index contributed by atoms with van der Waals surface area (Å²) in [6.07, 6.45) is 2.91. The number of ether oxygens (including phenoxy) is 1. The molecule has 1 aromatic heterocycles. The normalized spacial score (nSPS) is 10.4. The fourth-order valence-corrected chi connectivity index (χ4v) is 1.92. The number of hydrogen-bond donors (Lipinski definition) is 1. The maximum atomic E-state index is 5.63. The molecule has 2 N–H and O–H groups in total. The molecule has 0 fully saturated rings. The standard InChI is InChI=1S/C13H16N4OS/c1-3-9-4-6-10(7-5-9)18-8-11-15-12(14)17-13(16-11)19-2/h4-7H,3,8H2,1-2H3,(H2,14,15,16,17). The Hall–Kier alpha value is -1.82. The lowest BCUT2D eigenvalue weighted by Gasteiger charge is -2.07. The van der Waals surface area contributed by atoms with Crippen molar-refractivity contribution in [1.29, 1.82) is 0 Å². The first-order valence-electron chi connectivity index (χ1n) is 5.97. The molecule has 100 valence electrons. The zero-order valence-corrected chi connectivity index (χ0v) is 11.8. The highest BCUT2D eigenvalue weighted by molar-refractivity contribution is 7.98. The highest BCUT2D eigenvalue weighted by Gasteiger charge is 2.04.